The highest BCUT2D eigenvalue weighted by Gasteiger charge is 2.08. The monoisotopic (exact) mass is 254 g/mol. The fourth-order valence-electron chi connectivity index (χ4n) is 1.47. The van der Waals surface area contributed by atoms with Crippen LogP contribution in [0.1, 0.15) is 19.4 Å². The molecule has 5 heteroatoms. The number of thioether (sulfide) groups is 1. The van der Waals surface area contributed by atoms with Gasteiger partial charge in [-0.3, -0.25) is 0 Å². The molecule has 0 spiro atoms. The van der Waals surface area contributed by atoms with Gasteiger partial charge in [0.15, 0.2) is 0 Å². The number of hydrogen-bond donors (Lipinski definition) is 1. The van der Waals surface area contributed by atoms with Crippen molar-refractivity contribution < 1.29 is 0 Å². The van der Waals surface area contributed by atoms with Crippen molar-refractivity contribution in [3.63, 3.8) is 0 Å². The van der Waals surface area contributed by atoms with Crippen LogP contribution in [0, 0.1) is 0 Å². The molecule has 0 amide bonds. The normalized spacial score (nSPS) is 10.9. The molecule has 0 saturated heterocycles. The smallest absolute Gasteiger partial charge is 0.136 e. The Morgan fingerprint density at radius 2 is 2.24 bits per heavy atom. The van der Waals surface area contributed by atoms with Gasteiger partial charge in [-0.15, -0.1) is 0 Å². The Bertz CT molecular complexity index is 330. The molecule has 0 unspecified atom stereocenters. The molecule has 1 aromatic rings. The average Bonchev–Trinajstić information content (AvgIpc) is 2.33. The van der Waals surface area contributed by atoms with Crippen molar-refractivity contribution in [3.05, 3.63) is 18.1 Å². The molecule has 4 nitrogen and oxygen atoms in total. The van der Waals surface area contributed by atoms with Gasteiger partial charge in [0, 0.05) is 43.7 Å². The SMILES string of the molecule is CSCCN(C)c1ncncc1CNC(C)C. The van der Waals surface area contributed by atoms with Crippen LogP contribution in [0.15, 0.2) is 12.5 Å². The molecule has 1 aromatic heterocycles. The van der Waals surface area contributed by atoms with Crippen LogP contribution in [-0.2, 0) is 6.54 Å². The second-order valence-corrected chi connectivity index (χ2v) is 5.31. The topological polar surface area (TPSA) is 41.1 Å². The number of nitrogens with zero attached hydrogens (tertiary/aromatic N) is 3. The molecule has 96 valence electrons. The van der Waals surface area contributed by atoms with Crippen molar-refractivity contribution in [2.24, 2.45) is 0 Å². The Morgan fingerprint density at radius 3 is 2.88 bits per heavy atom. The van der Waals surface area contributed by atoms with Crippen molar-refractivity contribution in [2.45, 2.75) is 26.4 Å². The van der Waals surface area contributed by atoms with Crippen LogP contribution in [0.3, 0.4) is 0 Å². The van der Waals surface area contributed by atoms with Gasteiger partial charge in [0.05, 0.1) is 0 Å². The van der Waals surface area contributed by atoms with Crippen LogP contribution < -0.4 is 10.2 Å². The largest absolute Gasteiger partial charge is 0.358 e. The van der Waals surface area contributed by atoms with Crippen LogP contribution in [0.4, 0.5) is 5.82 Å². The Morgan fingerprint density at radius 1 is 1.47 bits per heavy atom. The van der Waals surface area contributed by atoms with Crippen LogP contribution in [0.2, 0.25) is 0 Å². The number of hydrogen-bond acceptors (Lipinski definition) is 5. The summed E-state index contributed by atoms with van der Waals surface area (Å²) in [5, 5.41) is 3.40. The van der Waals surface area contributed by atoms with E-state index in [0.29, 0.717) is 6.04 Å². The summed E-state index contributed by atoms with van der Waals surface area (Å²) in [6, 6.07) is 0.472. The lowest BCUT2D eigenvalue weighted by Crippen LogP contribution is -2.26. The zero-order valence-electron chi connectivity index (χ0n) is 11.1. The van der Waals surface area contributed by atoms with E-state index < -0.39 is 0 Å². The van der Waals surface area contributed by atoms with E-state index in [9.17, 15) is 0 Å². The minimum atomic E-state index is 0.472. The number of nitrogens with one attached hydrogen (secondary N) is 1. The van der Waals surface area contributed by atoms with Gasteiger partial charge in [-0.05, 0) is 6.26 Å². The molecular weight excluding hydrogens is 232 g/mol. The Balaban J connectivity index is 2.69. The van der Waals surface area contributed by atoms with E-state index in [-0.39, 0.29) is 0 Å². The third-order valence-corrected chi connectivity index (χ3v) is 3.05. The summed E-state index contributed by atoms with van der Waals surface area (Å²) in [6.07, 6.45) is 5.63. The number of anilines is 1. The summed E-state index contributed by atoms with van der Waals surface area (Å²) < 4.78 is 0. The second kappa shape index (κ2) is 7.50. The van der Waals surface area contributed by atoms with E-state index in [0.717, 1.165) is 30.2 Å². The Labute approximate surface area is 108 Å². The maximum Gasteiger partial charge on any atom is 0.136 e. The first-order valence-corrected chi connectivity index (χ1v) is 7.27. The van der Waals surface area contributed by atoms with Crippen LogP contribution in [-0.4, -0.2) is 41.6 Å². The van der Waals surface area contributed by atoms with Gasteiger partial charge in [-0.1, -0.05) is 13.8 Å². The summed E-state index contributed by atoms with van der Waals surface area (Å²) in [7, 11) is 2.08. The van der Waals surface area contributed by atoms with Gasteiger partial charge in [0.25, 0.3) is 0 Å². The van der Waals surface area contributed by atoms with E-state index in [2.05, 4.69) is 47.3 Å². The molecule has 0 atom stereocenters. The Kier molecular flexibility index (Phi) is 6.29. The summed E-state index contributed by atoms with van der Waals surface area (Å²) in [5.41, 5.74) is 1.16. The summed E-state index contributed by atoms with van der Waals surface area (Å²) in [5.74, 6) is 2.14. The van der Waals surface area contributed by atoms with Crippen molar-refractivity contribution in [2.75, 3.05) is 30.5 Å². The van der Waals surface area contributed by atoms with Gasteiger partial charge < -0.3 is 10.2 Å². The van der Waals surface area contributed by atoms with Gasteiger partial charge in [-0.25, -0.2) is 9.97 Å². The molecule has 0 bridgehead atoms. The van der Waals surface area contributed by atoms with E-state index in [1.165, 1.54) is 0 Å². The number of rotatable bonds is 7. The average molecular weight is 254 g/mol. The van der Waals surface area contributed by atoms with E-state index >= 15 is 0 Å². The van der Waals surface area contributed by atoms with E-state index in [1.807, 2.05) is 18.0 Å². The predicted octanol–water partition coefficient (Wildman–Crippen LogP) is 1.77. The highest BCUT2D eigenvalue weighted by molar-refractivity contribution is 7.98. The minimum Gasteiger partial charge on any atom is -0.358 e. The zero-order valence-corrected chi connectivity index (χ0v) is 11.9. The lowest BCUT2D eigenvalue weighted by molar-refractivity contribution is 0.586. The van der Waals surface area contributed by atoms with Crippen LogP contribution in [0.25, 0.3) is 0 Å². The first kappa shape index (κ1) is 14.3. The van der Waals surface area contributed by atoms with Crippen LogP contribution in [0.5, 0.6) is 0 Å². The van der Waals surface area contributed by atoms with Crippen molar-refractivity contribution in [3.8, 4) is 0 Å². The van der Waals surface area contributed by atoms with Crippen molar-refractivity contribution >= 4 is 17.6 Å². The lowest BCUT2D eigenvalue weighted by atomic mass is 10.2. The predicted molar refractivity (Wildman–Crippen MR) is 75.7 cm³/mol. The van der Waals surface area contributed by atoms with Crippen molar-refractivity contribution in [1.29, 1.82) is 0 Å². The minimum absolute atomic E-state index is 0.472. The Hall–Kier alpha value is -0.810. The standard InChI is InChI=1S/C12H22N4S/c1-10(2)14-8-11-7-13-9-15-12(11)16(3)5-6-17-4/h7,9-10,14H,5-6,8H2,1-4H3. The highest BCUT2D eigenvalue weighted by Crippen LogP contribution is 2.14. The lowest BCUT2D eigenvalue weighted by Gasteiger charge is -2.20. The zero-order chi connectivity index (χ0) is 12.7. The maximum absolute atomic E-state index is 4.38. The third kappa shape index (κ3) is 4.91. The quantitative estimate of drug-likeness (QED) is 0.803. The molecule has 17 heavy (non-hydrogen) atoms. The third-order valence-electron chi connectivity index (χ3n) is 2.46. The molecule has 0 saturated carbocycles. The van der Waals surface area contributed by atoms with Gasteiger partial charge >= 0.3 is 0 Å². The molecule has 0 aliphatic rings. The van der Waals surface area contributed by atoms with Crippen molar-refractivity contribution in [1.82, 2.24) is 15.3 Å². The summed E-state index contributed by atoms with van der Waals surface area (Å²) in [6.45, 7) is 6.10. The van der Waals surface area contributed by atoms with E-state index in [4.69, 9.17) is 0 Å². The molecule has 0 aliphatic heterocycles. The van der Waals surface area contributed by atoms with Gasteiger partial charge in [0.2, 0.25) is 0 Å². The molecular formula is C12H22N4S. The van der Waals surface area contributed by atoms with E-state index in [1.54, 1.807) is 6.33 Å². The molecule has 0 fully saturated rings. The first-order valence-electron chi connectivity index (χ1n) is 5.87. The maximum atomic E-state index is 4.38. The fraction of sp³-hybridized carbons (Fsp3) is 0.667. The second-order valence-electron chi connectivity index (χ2n) is 4.32. The molecule has 0 radical (unpaired) electrons. The van der Waals surface area contributed by atoms with Crippen LogP contribution >= 0.6 is 11.8 Å². The molecule has 1 heterocycles. The molecule has 1 rings (SSSR count). The molecule has 1 N–H and O–H groups in total. The molecule has 0 aliphatic carbocycles. The molecule has 0 aromatic carbocycles. The van der Waals surface area contributed by atoms with Gasteiger partial charge in [-0.2, -0.15) is 11.8 Å². The summed E-state index contributed by atoms with van der Waals surface area (Å²) in [4.78, 5) is 10.7. The fourth-order valence-corrected chi connectivity index (χ4v) is 1.93. The van der Waals surface area contributed by atoms with Gasteiger partial charge in [0.1, 0.15) is 12.1 Å². The summed E-state index contributed by atoms with van der Waals surface area (Å²) >= 11 is 1.85. The highest BCUT2D eigenvalue weighted by atomic mass is 32.2. The first-order chi connectivity index (χ1) is 8.15. The number of aromatic nitrogens is 2.